The third-order valence-electron chi connectivity index (χ3n) is 5.88. The van der Waals surface area contributed by atoms with E-state index in [4.69, 9.17) is 4.74 Å². The van der Waals surface area contributed by atoms with Gasteiger partial charge in [0.15, 0.2) is 0 Å². The first-order chi connectivity index (χ1) is 9.24. The Morgan fingerprint density at radius 3 is 2.63 bits per heavy atom. The maximum absolute atomic E-state index is 6.26. The van der Waals surface area contributed by atoms with Crippen molar-refractivity contribution in [1.29, 1.82) is 0 Å². The van der Waals surface area contributed by atoms with E-state index in [2.05, 4.69) is 19.2 Å². The highest BCUT2D eigenvalue weighted by Crippen LogP contribution is 2.48. The predicted octanol–water partition coefficient (Wildman–Crippen LogP) is 3.75. The number of ether oxygens (including phenoxy) is 1. The van der Waals surface area contributed by atoms with Crippen molar-refractivity contribution in [2.45, 2.75) is 76.9 Å². The largest absolute Gasteiger partial charge is 0.375 e. The zero-order valence-corrected chi connectivity index (χ0v) is 12.8. The highest BCUT2D eigenvalue weighted by atomic mass is 16.5. The van der Waals surface area contributed by atoms with Crippen molar-refractivity contribution < 1.29 is 4.74 Å². The first-order valence-electron chi connectivity index (χ1n) is 8.61. The van der Waals surface area contributed by atoms with Crippen molar-refractivity contribution >= 4 is 0 Å². The van der Waals surface area contributed by atoms with Crippen molar-refractivity contribution in [3.8, 4) is 0 Å². The summed E-state index contributed by atoms with van der Waals surface area (Å²) in [4.78, 5) is 0. The molecule has 0 aromatic heterocycles. The minimum Gasteiger partial charge on any atom is -0.375 e. The molecule has 0 amide bonds. The fourth-order valence-electron chi connectivity index (χ4n) is 4.67. The Kier molecular flexibility index (Phi) is 4.19. The predicted molar refractivity (Wildman–Crippen MR) is 79.2 cm³/mol. The van der Waals surface area contributed by atoms with Crippen LogP contribution in [0.4, 0.5) is 0 Å². The molecule has 110 valence electrons. The Balaban J connectivity index is 1.65. The topological polar surface area (TPSA) is 21.3 Å². The Labute approximate surface area is 118 Å². The lowest BCUT2D eigenvalue weighted by molar-refractivity contribution is -0.122. The lowest BCUT2D eigenvalue weighted by Gasteiger charge is -2.46. The lowest BCUT2D eigenvalue weighted by atomic mass is 9.73. The molecule has 3 rings (SSSR count). The van der Waals surface area contributed by atoms with Crippen LogP contribution >= 0.6 is 0 Å². The van der Waals surface area contributed by atoms with Crippen molar-refractivity contribution in [3.05, 3.63) is 0 Å². The normalized spacial score (nSPS) is 39.2. The highest BCUT2D eigenvalue weighted by molar-refractivity contribution is 5.00. The summed E-state index contributed by atoms with van der Waals surface area (Å²) in [6.45, 7) is 6.81. The monoisotopic (exact) mass is 265 g/mol. The second-order valence-electron chi connectivity index (χ2n) is 7.31. The van der Waals surface area contributed by atoms with E-state index >= 15 is 0 Å². The Bertz CT molecular complexity index is 292. The van der Waals surface area contributed by atoms with Gasteiger partial charge in [-0.25, -0.2) is 0 Å². The van der Waals surface area contributed by atoms with E-state index in [-0.39, 0.29) is 5.60 Å². The lowest BCUT2D eigenvalue weighted by Crippen LogP contribution is -2.48. The molecule has 0 aromatic carbocycles. The van der Waals surface area contributed by atoms with Gasteiger partial charge in [-0.15, -0.1) is 0 Å². The molecular formula is C17H31NO. The summed E-state index contributed by atoms with van der Waals surface area (Å²) in [6, 6.07) is 0.766. The molecule has 1 N–H and O–H groups in total. The minimum absolute atomic E-state index is 0.271. The van der Waals surface area contributed by atoms with E-state index in [1.807, 2.05) is 0 Å². The third-order valence-corrected chi connectivity index (χ3v) is 5.88. The molecule has 1 saturated heterocycles. The van der Waals surface area contributed by atoms with E-state index in [1.165, 1.54) is 51.4 Å². The summed E-state index contributed by atoms with van der Waals surface area (Å²) >= 11 is 0. The number of hydrogen-bond donors (Lipinski definition) is 1. The van der Waals surface area contributed by atoms with Crippen molar-refractivity contribution in [3.63, 3.8) is 0 Å². The summed E-state index contributed by atoms with van der Waals surface area (Å²) in [6.07, 6.45) is 10.9. The van der Waals surface area contributed by atoms with Gasteiger partial charge in [0.25, 0.3) is 0 Å². The quantitative estimate of drug-likeness (QED) is 0.836. The summed E-state index contributed by atoms with van der Waals surface area (Å²) in [5.74, 6) is 2.76. The molecule has 3 fully saturated rings. The van der Waals surface area contributed by atoms with E-state index in [0.717, 1.165) is 36.9 Å². The number of nitrogens with one attached hydrogen (secondary N) is 1. The van der Waals surface area contributed by atoms with E-state index in [9.17, 15) is 0 Å². The van der Waals surface area contributed by atoms with Crippen LogP contribution in [0.1, 0.15) is 65.2 Å². The molecular weight excluding hydrogens is 234 g/mol. The van der Waals surface area contributed by atoms with Crippen LogP contribution in [0.15, 0.2) is 0 Å². The van der Waals surface area contributed by atoms with Gasteiger partial charge in [-0.1, -0.05) is 33.1 Å². The van der Waals surface area contributed by atoms with Gasteiger partial charge in [0, 0.05) is 12.6 Å². The van der Waals surface area contributed by atoms with Gasteiger partial charge in [-0.05, 0) is 56.4 Å². The van der Waals surface area contributed by atoms with Crippen LogP contribution < -0.4 is 5.32 Å². The van der Waals surface area contributed by atoms with Crippen molar-refractivity contribution in [2.24, 2.45) is 17.8 Å². The van der Waals surface area contributed by atoms with Crippen molar-refractivity contribution in [1.82, 2.24) is 5.32 Å². The van der Waals surface area contributed by atoms with Crippen LogP contribution in [-0.4, -0.2) is 24.8 Å². The Morgan fingerprint density at radius 2 is 2.00 bits per heavy atom. The van der Waals surface area contributed by atoms with Crippen LogP contribution in [0.25, 0.3) is 0 Å². The second kappa shape index (κ2) is 5.73. The van der Waals surface area contributed by atoms with Crippen LogP contribution in [0.2, 0.25) is 0 Å². The summed E-state index contributed by atoms with van der Waals surface area (Å²) in [7, 11) is 0. The third kappa shape index (κ3) is 3.00. The molecule has 0 aromatic rings. The van der Waals surface area contributed by atoms with E-state index in [0.29, 0.717) is 0 Å². The summed E-state index contributed by atoms with van der Waals surface area (Å²) in [5, 5.41) is 3.81. The van der Waals surface area contributed by atoms with E-state index < -0.39 is 0 Å². The van der Waals surface area contributed by atoms with Gasteiger partial charge in [0.1, 0.15) is 0 Å². The van der Waals surface area contributed by atoms with Gasteiger partial charge >= 0.3 is 0 Å². The van der Waals surface area contributed by atoms with Gasteiger partial charge in [0.05, 0.1) is 5.60 Å². The molecule has 1 aliphatic heterocycles. The standard InChI is InChI=1S/C17H31NO/c1-3-18-16(15-11-13(15)2)14-7-10-19-17(12-14)8-5-4-6-9-17/h13-16,18H,3-12H2,1-2H3. The zero-order chi connectivity index (χ0) is 13.3. The number of hydrogen-bond acceptors (Lipinski definition) is 2. The SMILES string of the molecule is CCNC(C1CCOC2(CCCCC2)C1)C1CC1C. The van der Waals surface area contributed by atoms with Crippen LogP contribution in [0.3, 0.4) is 0 Å². The van der Waals surface area contributed by atoms with Gasteiger partial charge in [-0.3, -0.25) is 0 Å². The first kappa shape index (κ1) is 13.9. The smallest absolute Gasteiger partial charge is 0.0685 e. The summed E-state index contributed by atoms with van der Waals surface area (Å²) in [5.41, 5.74) is 0.271. The molecule has 1 heterocycles. The van der Waals surface area contributed by atoms with Crippen LogP contribution in [0.5, 0.6) is 0 Å². The molecule has 3 aliphatic rings. The van der Waals surface area contributed by atoms with Gasteiger partial charge in [-0.2, -0.15) is 0 Å². The molecule has 1 spiro atoms. The molecule has 0 bridgehead atoms. The van der Waals surface area contributed by atoms with Gasteiger partial charge in [0.2, 0.25) is 0 Å². The average Bonchev–Trinajstić information content (AvgIpc) is 3.14. The molecule has 2 heteroatoms. The molecule has 4 unspecified atom stereocenters. The van der Waals surface area contributed by atoms with Crippen molar-refractivity contribution in [2.75, 3.05) is 13.2 Å². The van der Waals surface area contributed by atoms with Crippen LogP contribution in [0, 0.1) is 17.8 Å². The van der Waals surface area contributed by atoms with E-state index in [1.54, 1.807) is 0 Å². The van der Waals surface area contributed by atoms with Crippen LogP contribution in [-0.2, 0) is 4.74 Å². The fraction of sp³-hybridized carbons (Fsp3) is 1.00. The van der Waals surface area contributed by atoms with Gasteiger partial charge < -0.3 is 10.1 Å². The zero-order valence-electron chi connectivity index (χ0n) is 12.8. The minimum atomic E-state index is 0.271. The average molecular weight is 265 g/mol. The molecule has 19 heavy (non-hydrogen) atoms. The molecule has 2 aliphatic carbocycles. The molecule has 4 atom stereocenters. The number of rotatable bonds is 4. The Hall–Kier alpha value is -0.0800. The molecule has 0 radical (unpaired) electrons. The second-order valence-corrected chi connectivity index (χ2v) is 7.31. The maximum atomic E-state index is 6.26. The summed E-state index contributed by atoms with van der Waals surface area (Å²) < 4.78 is 6.26. The first-order valence-corrected chi connectivity index (χ1v) is 8.61. The molecule has 2 saturated carbocycles. The maximum Gasteiger partial charge on any atom is 0.0685 e. The highest BCUT2D eigenvalue weighted by Gasteiger charge is 2.47. The Morgan fingerprint density at radius 1 is 1.26 bits per heavy atom. The molecule has 2 nitrogen and oxygen atoms in total. The fourth-order valence-corrected chi connectivity index (χ4v) is 4.67.